The summed E-state index contributed by atoms with van der Waals surface area (Å²) in [7, 11) is 0. The van der Waals surface area contributed by atoms with Gasteiger partial charge < -0.3 is 15.8 Å². The molecule has 0 radical (unpaired) electrons. The van der Waals surface area contributed by atoms with Crippen molar-refractivity contribution in [3.05, 3.63) is 42.4 Å². The first-order chi connectivity index (χ1) is 13.6. The van der Waals surface area contributed by atoms with Gasteiger partial charge in [0.1, 0.15) is 17.6 Å². The molecule has 0 aliphatic heterocycles. The minimum atomic E-state index is -0.354. The van der Waals surface area contributed by atoms with Crippen LogP contribution >= 0.6 is 0 Å². The van der Waals surface area contributed by atoms with Crippen LogP contribution in [0.2, 0.25) is 0 Å². The van der Waals surface area contributed by atoms with E-state index in [9.17, 15) is 4.39 Å². The number of benzene rings is 1. The fourth-order valence-corrected chi connectivity index (χ4v) is 3.60. The lowest BCUT2D eigenvalue weighted by Gasteiger charge is -2.30. The molecule has 4 rings (SSSR count). The minimum Gasteiger partial charge on any atom is -0.488 e. The smallest absolute Gasteiger partial charge is 0.186 e. The average molecular weight is 382 g/mol. The SMILES string of the molecule is CCc1ncnc(NC2CCC(Oc3cc(N)cc4nccnc34)CC2)c1F. The first-order valence-electron chi connectivity index (χ1n) is 9.57. The molecular formula is C20H23FN6O. The molecule has 28 heavy (non-hydrogen) atoms. The molecular weight excluding hydrogens is 359 g/mol. The standard InChI is InChI=1S/C20H23FN6O/c1-2-15-18(21)20(26-11-25-15)27-13-3-5-14(6-4-13)28-17-10-12(22)9-16-19(17)24-8-7-23-16/h7-11,13-14H,2-6,22H2,1H3,(H,25,26,27). The summed E-state index contributed by atoms with van der Waals surface area (Å²) in [5.74, 6) is 0.593. The van der Waals surface area contributed by atoms with Gasteiger partial charge in [0.15, 0.2) is 11.6 Å². The van der Waals surface area contributed by atoms with E-state index in [2.05, 4.69) is 25.3 Å². The largest absolute Gasteiger partial charge is 0.488 e. The number of rotatable bonds is 5. The van der Waals surface area contributed by atoms with Gasteiger partial charge in [0.05, 0.1) is 17.3 Å². The third kappa shape index (κ3) is 3.81. The van der Waals surface area contributed by atoms with Gasteiger partial charge in [-0.05, 0) is 38.2 Å². The highest BCUT2D eigenvalue weighted by Gasteiger charge is 2.24. The molecule has 0 spiro atoms. The number of aromatic nitrogens is 4. The monoisotopic (exact) mass is 382 g/mol. The number of nitrogens with one attached hydrogen (secondary N) is 1. The number of nitrogens with zero attached hydrogens (tertiary/aromatic N) is 4. The van der Waals surface area contributed by atoms with E-state index < -0.39 is 0 Å². The van der Waals surface area contributed by atoms with Crippen molar-refractivity contribution in [2.24, 2.45) is 0 Å². The zero-order valence-corrected chi connectivity index (χ0v) is 15.7. The van der Waals surface area contributed by atoms with Crippen molar-refractivity contribution < 1.29 is 9.13 Å². The second-order valence-corrected chi connectivity index (χ2v) is 7.02. The van der Waals surface area contributed by atoms with Gasteiger partial charge in [0.2, 0.25) is 0 Å². The molecule has 1 aliphatic carbocycles. The zero-order valence-electron chi connectivity index (χ0n) is 15.7. The average Bonchev–Trinajstić information content (AvgIpc) is 2.71. The molecule has 3 N–H and O–H groups in total. The van der Waals surface area contributed by atoms with Crippen LogP contribution in [0.5, 0.6) is 5.75 Å². The summed E-state index contributed by atoms with van der Waals surface area (Å²) in [6.45, 7) is 1.88. The van der Waals surface area contributed by atoms with Crippen molar-refractivity contribution in [2.45, 2.75) is 51.2 Å². The molecule has 7 nitrogen and oxygen atoms in total. The Kier molecular flexibility index (Phi) is 5.18. The Morgan fingerprint density at radius 1 is 1.11 bits per heavy atom. The lowest BCUT2D eigenvalue weighted by atomic mass is 9.93. The van der Waals surface area contributed by atoms with E-state index in [0.717, 1.165) is 31.2 Å². The zero-order chi connectivity index (χ0) is 19.5. The topological polar surface area (TPSA) is 98.8 Å². The molecule has 2 aromatic heterocycles. The summed E-state index contributed by atoms with van der Waals surface area (Å²) in [6.07, 6.45) is 8.72. The van der Waals surface area contributed by atoms with Gasteiger partial charge in [0, 0.05) is 30.2 Å². The molecule has 1 saturated carbocycles. The number of halogens is 1. The number of hydrogen-bond acceptors (Lipinski definition) is 7. The maximum absolute atomic E-state index is 14.3. The molecule has 0 bridgehead atoms. The Labute approximate surface area is 162 Å². The van der Waals surface area contributed by atoms with Gasteiger partial charge in [-0.1, -0.05) is 6.92 Å². The molecule has 0 saturated heterocycles. The van der Waals surface area contributed by atoms with Crippen molar-refractivity contribution in [3.8, 4) is 5.75 Å². The molecule has 1 aromatic carbocycles. The van der Waals surface area contributed by atoms with Gasteiger partial charge in [0.25, 0.3) is 0 Å². The second kappa shape index (κ2) is 7.92. The van der Waals surface area contributed by atoms with Crippen molar-refractivity contribution in [1.82, 2.24) is 19.9 Å². The van der Waals surface area contributed by atoms with Crippen molar-refractivity contribution in [2.75, 3.05) is 11.1 Å². The molecule has 1 fully saturated rings. The summed E-state index contributed by atoms with van der Waals surface area (Å²) < 4.78 is 20.5. The number of nitrogens with two attached hydrogens (primary N) is 1. The predicted molar refractivity (Wildman–Crippen MR) is 106 cm³/mol. The highest BCUT2D eigenvalue weighted by Crippen LogP contribution is 2.31. The minimum absolute atomic E-state index is 0.0616. The third-order valence-electron chi connectivity index (χ3n) is 5.07. The van der Waals surface area contributed by atoms with E-state index in [4.69, 9.17) is 10.5 Å². The number of fused-ring (bicyclic) bond motifs is 1. The molecule has 0 amide bonds. The summed E-state index contributed by atoms with van der Waals surface area (Å²) >= 11 is 0. The van der Waals surface area contributed by atoms with Crippen LogP contribution in [-0.2, 0) is 6.42 Å². The summed E-state index contributed by atoms with van der Waals surface area (Å²) in [5, 5.41) is 3.22. The van der Waals surface area contributed by atoms with E-state index in [-0.39, 0.29) is 23.8 Å². The summed E-state index contributed by atoms with van der Waals surface area (Å²) in [5.41, 5.74) is 8.44. The van der Waals surface area contributed by atoms with Gasteiger partial charge in [-0.2, -0.15) is 0 Å². The van der Waals surface area contributed by atoms with E-state index >= 15 is 0 Å². The van der Waals surface area contributed by atoms with Crippen LogP contribution in [0.3, 0.4) is 0 Å². The normalized spacial score (nSPS) is 19.5. The van der Waals surface area contributed by atoms with Crippen molar-refractivity contribution in [1.29, 1.82) is 0 Å². The third-order valence-corrected chi connectivity index (χ3v) is 5.07. The predicted octanol–water partition coefficient (Wildman–Crippen LogP) is 3.51. The fourth-order valence-electron chi connectivity index (χ4n) is 3.60. The second-order valence-electron chi connectivity index (χ2n) is 7.02. The molecule has 0 unspecified atom stereocenters. The van der Waals surface area contributed by atoms with Gasteiger partial charge in [-0.25, -0.2) is 19.3 Å². The van der Waals surface area contributed by atoms with Crippen LogP contribution in [0.1, 0.15) is 38.3 Å². The van der Waals surface area contributed by atoms with E-state index in [1.165, 1.54) is 6.33 Å². The maximum atomic E-state index is 14.3. The Bertz CT molecular complexity index is 974. The lowest BCUT2D eigenvalue weighted by Crippen LogP contribution is -2.32. The quantitative estimate of drug-likeness (QED) is 0.652. The molecule has 0 atom stereocenters. The van der Waals surface area contributed by atoms with Crippen LogP contribution in [0.25, 0.3) is 11.0 Å². The van der Waals surface area contributed by atoms with Crippen LogP contribution in [0, 0.1) is 5.82 Å². The van der Waals surface area contributed by atoms with Gasteiger partial charge in [-0.15, -0.1) is 0 Å². The van der Waals surface area contributed by atoms with Gasteiger partial charge >= 0.3 is 0 Å². The van der Waals surface area contributed by atoms with E-state index in [1.807, 2.05) is 6.92 Å². The highest BCUT2D eigenvalue weighted by molar-refractivity contribution is 5.84. The first kappa shape index (κ1) is 18.3. The van der Waals surface area contributed by atoms with Gasteiger partial charge in [-0.3, -0.25) is 4.98 Å². The molecule has 1 aliphatic rings. The Hall–Kier alpha value is -3.03. The number of ether oxygens (including phenoxy) is 1. The summed E-state index contributed by atoms with van der Waals surface area (Å²) in [6, 6.07) is 3.74. The molecule has 146 valence electrons. The van der Waals surface area contributed by atoms with Crippen LogP contribution < -0.4 is 15.8 Å². The number of nitrogen functional groups attached to an aromatic ring is 1. The molecule has 8 heteroatoms. The fraction of sp³-hybridized carbons (Fsp3) is 0.400. The van der Waals surface area contributed by atoms with Crippen molar-refractivity contribution in [3.63, 3.8) is 0 Å². The Balaban J connectivity index is 1.40. The lowest BCUT2D eigenvalue weighted by molar-refractivity contribution is 0.152. The number of hydrogen-bond donors (Lipinski definition) is 2. The van der Waals surface area contributed by atoms with E-state index in [1.54, 1.807) is 24.5 Å². The molecule has 2 heterocycles. The van der Waals surface area contributed by atoms with Crippen LogP contribution in [-0.4, -0.2) is 32.1 Å². The number of anilines is 2. The van der Waals surface area contributed by atoms with Crippen molar-refractivity contribution >= 4 is 22.5 Å². The van der Waals surface area contributed by atoms with Crippen LogP contribution in [0.4, 0.5) is 15.9 Å². The maximum Gasteiger partial charge on any atom is 0.186 e. The number of aryl methyl sites for hydroxylation is 1. The summed E-state index contributed by atoms with van der Waals surface area (Å²) in [4.78, 5) is 16.7. The van der Waals surface area contributed by atoms with Crippen LogP contribution in [0.15, 0.2) is 30.9 Å². The highest BCUT2D eigenvalue weighted by atomic mass is 19.1. The van der Waals surface area contributed by atoms with E-state index in [0.29, 0.717) is 29.1 Å². The first-order valence-corrected chi connectivity index (χ1v) is 9.57. The Morgan fingerprint density at radius 2 is 1.89 bits per heavy atom. The Morgan fingerprint density at radius 3 is 2.68 bits per heavy atom. The molecule has 3 aromatic rings.